The highest BCUT2D eigenvalue weighted by Crippen LogP contribution is 2.52. The molecular formula is C64H64BN3. The van der Waals surface area contributed by atoms with Crippen LogP contribution in [-0.4, -0.2) is 6.71 Å². The number of anilines is 9. The zero-order valence-corrected chi connectivity index (χ0v) is 42.1. The Kier molecular flexibility index (Phi) is 9.90. The van der Waals surface area contributed by atoms with Crippen LogP contribution < -0.4 is 31.1 Å². The summed E-state index contributed by atoms with van der Waals surface area (Å²) in [6.07, 6.45) is 0. The Morgan fingerprint density at radius 2 is 0.941 bits per heavy atom. The first-order valence-corrected chi connectivity index (χ1v) is 24.6. The van der Waals surface area contributed by atoms with Crippen LogP contribution in [0.5, 0.6) is 0 Å². The third-order valence-corrected chi connectivity index (χ3v) is 15.1. The van der Waals surface area contributed by atoms with Gasteiger partial charge in [0.1, 0.15) is 0 Å². The van der Waals surface area contributed by atoms with Crippen LogP contribution in [0.15, 0.2) is 170 Å². The van der Waals surface area contributed by atoms with Crippen LogP contribution in [0.25, 0.3) is 11.1 Å². The average molecular weight is 886 g/mol. The van der Waals surface area contributed by atoms with Crippen molar-refractivity contribution >= 4 is 74.3 Å². The average Bonchev–Trinajstić information content (AvgIpc) is 3.53. The minimum atomic E-state index is -0.0960. The van der Waals surface area contributed by atoms with E-state index in [4.69, 9.17) is 0 Å². The molecule has 0 bridgehead atoms. The Morgan fingerprint density at radius 3 is 1.59 bits per heavy atom. The molecule has 0 aromatic heterocycles. The summed E-state index contributed by atoms with van der Waals surface area (Å²) in [6.45, 7) is 27.8. The minimum Gasteiger partial charge on any atom is -0.311 e. The molecule has 3 nitrogen and oxygen atoms in total. The Labute approximate surface area is 406 Å². The lowest BCUT2D eigenvalue weighted by Gasteiger charge is -2.45. The van der Waals surface area contributed by atoms with Crippen molar-refractivity contribution in [1.82, 2.24) is 0 Å². The summed E-state index contributed by atoms with van der Waals surface area (Å²) >= 11 is 0. The molecule has 0 spiro atoms. The van der Waals surface area contributed by atoms with Crippen LogP contribution in [0.3, 0.4) is 0 Å². The lowest BCUT2D eigenvalue weighted by Crippen LogP contribution is -2.61. The molecule has 0 fully saturated rings. The summed E-state index contributed by atoms with van der Waals surface area (Å²) < 4.78 is 0. The number of fused-ring (bicyclic) bond motifs is 7. The fourth-order valence-corrected chi connectivity index (χ4v) is 11.4. The van der Waals surface area contributed by atoms with Gasteiger partial charge in [-0.15, -0.1) is 0 Å². The summed E-state index contributed by atoms with van der Waals surface area (Å²) in [5.41, 5.74) is 25.2. The highest BCUT2D eigenvalue weighted by molar-refractivity contribution is 7.00. The van der Waals surface area contributed by atoms with E-state index in [2.05, 4.69) is 268 Å². The van der Waals surface area contributed by atoms with E-state index in [1.54, 1.807) is 0 Å². The van der Waals surface area contributed by atoms with Gasteiger partial charge in [0.25, 0.3) is 6.71 Å². The molecule has 4 heteroatoms. The fourth-order valence-electron chi connectivity index (χ4n) is 11.4. The fraction of sp³-hybridized carbons (Fsp3) is 0.250. The maximum atomic E-state index is 2.60. The van der Waals surface area contributed by atoms with Gasteiger partial charge in [0, 0.05) is 56.6 Å². The van der Waals surface area contributed by atoms with Crippen LogP contribution in [0.2, 0.25) is 0 Å². The first-order chi connectivity index (χ1) is 32.3. The molecule has 11 rings (SSSR count). The summed E-state index contributed by atoms with van der Waals surface area (Å²) in [7, 11) is 0. The summed E-state index contributed by atoms with van der Waals surface area (Å²) in [5, 5.41) is 0. The Balaban J connectivity index is 1.20. The van der Waals surface area contributed by atoms with Crippen molar-refractivity contribution in [2.45, 2.75) is 105 Å². The monoisotopic (exact) mass is 886 g/mol. The first-order valence-electron chi connectivity index (χ1n) is 24.6. The Bertz CT molecular complexity index is 3270. The van der Waals surface area contributed by atoms with Gasteiger partial charge in [-0.25, -0.2) is 0 Å². The molecule has 0 saturated carbocycles. The van der Waals surface area contributed by atoms with E-state index in [1.807, 2.05) is 0 Å². The SMILES string of the molecule is Cc1cc2c3c(c1)N(c1ccc4c(c1)-c1ccccc1C4(C)C)c1cc(N(c4ccccc4)c4ccc(C(C)(C)C)cc4)ccc1B3c1cc(C(C)(C)C)ccc1N2c1ccc(C(C)(C)C)cc1. The summed E-state index contributed by atoms with van der Waals surface area (Å²) in [5.74, 6) is 0. The van der Waals surface area contributed by atoms with Crippen molar-refractivity contribution in [1.29, 1.82) is 0 Å². The third kappa shape index (κ3) is 7.01. The van der Waals surface area contributed by atoms with Gasteiger partial charge in [0.2, 0.25) is 0 Å². The van der Waals surface area contributed by atoms with E-state index in [1.165, 1.54) is 89.3 Å². The Hall–Kier alpha value is -6.78. The standard InChI is InChI=1S/C64H64BN3/c1-41-36-58-60-59(37-41)68(48-31-33-53-51(39-48)50-20-16-17-21-52(50)64(53,11)12)57-40-49(66(45-18-14-13-15-19-45)46-27-22-42(23-28-46)61(2,3)4)32-34-54(57)65(60)55-38-44(63(8,9)10)26-35-56(55)67(58)47-29-24-43(25-30-47)62(5,6)7/h13-40H,1-12H3. The number of benzene rings is 8. The lowest BCUT2D eigenvalue weighted by atomic mass is 9.33. The van der Waals surface area contributed by atoms with Crippen molar-refractivity contribution < 1.29 is 0 Å². The number of hydrogen-bond donors (Lipinski definition) is 0. The van der Waals surface area contributed by atoms with E-state index in [0.29, 0.717) is 0 Å². The lowest BCUT2D eigenvalue weighted by molar-refractivity contribution is 0.590. The van der Waals surface area contributed by atoms with Gasteiger partial charge in [-0.3, -0.25) is 0 Å². The number of hydrogen-bond acceptors (Lipinski definition) is 3. The maximum absolute atomic E-state index is 2.60. The third-order valence-electron chi connectivity index (χ3n) is 15.1. The largest absolute Gasteiger partial charge is 0.311 e. The first kappa shape index (κ1) is 43.8. The van der Waals surface area contributed by atoms with E-state index in [-0.39, 0.29) is 28.4 Å². The molecule has 3 aliphatic rings. The molecule has 338 valence electrons. The second-order valence-electron chi connectivity index (χ2n) is 23.3. The highest BCUT2D eigenvalue weighted by Gasteiger charge is 2.45. The smallest absolute Gasteiger partial charge is 0.252 e. The molecule has 2 aliphatic heterocycles. The van der Waals surface area contributed by atoms with Crippen molar-refractivity contribution in [3.8, 4) is 11.1 Å². The van der Waals surface area contributed by atoms with Crippen molar-refractivity contribution in [2.75, 3.05) is 14.7 Å². The molecule has 1 aliphatic carbocycles. The second-order valence-corrected chi connectivity index (χ2v) is 23.3. The molecule has 2 heterocycles. The van der Waals surface area contributed by atoms with Gasteiger partial charge in [0.15, 0.2) is 0 Å². The Morgan fingerprint density at radius 1 is 0.412 bits per heavy atom. The second kappa shape index (κ2) is 15.4. The van der Waals surface area contributed by atoms with Crippen LogP contribution in [0.1, 0.15) is 110 Å². The number of para-hydroxylation sites is 1. The molecule has 68 heavy (non-hydrogen) atoms. The predicted octanol–water partition coefficient (Wildman–Crippen LogP) is 15.7. The van der Waals surface area contributed by atoms with Gasteiger partial charge in [0.05, 0.1) is 0 Å². The van der Waals surface area contributed by atoms with Crippen LogP contribution in [-0.2, 0) is 21.7 Å². The number of nitrogens with zero attached hydrogens (tertiary/aromatic N) is 3. The van der Waals surface area contributed by atoms with Crippen molar-refractivity contribution in [3.63, 3.8) is 0 Å². The van der Waals surface area contributed by atoms with Gasteiger partial charge < -0.3 is 14.7 Å². The van der Waals surface area contributed by atoms with Gasteiger partial charge in [-0.05, 0) is 163 Å². The predicted molar refractivity (Wildman–Crippen MR) is 294 cm³/mol. The van der Waals surface area contributed by atoms with E-state index >= 15 is 0 Å². The molecule has 0 radical (unpaired) electrons. The van der Waals surface area contributed by atoms with Gasteiger partial charge >= 0.3 is 0 Å². The normalized spacial score (nSPS) is 14.5. The topological polar surface area (TPSA) is 9.72 Å². The van der Waals surface area contributed by atoms with E-state index in [9.17, 15) is 0 Å². The molecular weight excluding hydrogens is 822 g/mol. The quantitative estimate of drug-likeness (QED) is 0.159. The van der Waals surface area contributed by atoms with Crippen LogP contribution in [0, 0.1) is 6.92 Å². The molecule has 0 amide bonds. The summed E-state index contributed by atoms with van der Waals surface area (Å²) in [4.78, 5) is 7.58. The molecule has 0 atom stereocenters. The molecule has 0 saturated heterocycles. The number of aryl methyl sites for hydroxylation is 1. The molecule has 0 N–H and O–H groups in total. The van der Waals surface area contributed by atoms with Gasteiger partial charge in [-0.1, -0.05) is 167 Å². The molecule has 0 unspecified atom stereocenters. The van der Waals surface area contributed by atoms with Crippen molar-refractivity contribution in [2.24, 2.45) is 0 Å². The van der Waals surface area contributed by atoms with Gasteiger partial charge in [-0.2, -0.15) is 0 Å². The molecule has 8 aromatic rings. The maximum Gasteiger partial charge on any atom is 0.252 e. The van der Waals surface area contributed by atoms with Crippen LogP contribution in [0.4, 0.5) is 51.2 Å². The zero-order valence-electron chi connectivity index (χ0n) is 42.1. The summed E-state index contributed by atoms with van der Waals surface area (Å²) in [6, 6.07) is 65.1. The van der Waals surface area contributed by atoms with E-state index in [0.717, 1.165) is 22.7 Å². The number of rotatable bonds is 5. The highest BCUT2D eigenvalue weighted by atomic mass is 15.2. The van der Waals surface area contributed by atoms with Crippen LogP contribution >= 0.6 is 0 Å². The van der Waals surface area contributed by atoms with Crippen molar-refractivity contribution in [3.05, 3.63) is 203 Å². The van der Waals surface area contributed by atoms with E-state index < -0.39 is 0 Å². The minimum absolute atomic E-state index is 0.00590. The zero-order chi connectivity index (χ0) is 47.7. The molecule has 8 aromatic carbocycles.